The first-order chi connectivity index (χ1) is 10.1. The van der Waals surface area contributed by atoms with Crippen molar-refractivity contribution < 1.29 is 4.79 Å². The van der Waals surface area contributed by atoms with E-state index in [4.69, 9.17) is 0 Å². The Balaban J connectivity index is 1.98. The topological polar surface area (TPSA) is 54.0 Å². The summed E-state index contributed by atoms with van der Waals surface area (Å²) in [6.45, 7) is 7.51. The fraction of sp³-hybridized carbons (Fsp3) is 0.375. The number of anilines is 1. The number of amides is 1. The number of hydrogen-bond acceptors (Lipinski definition) is 4. The number of benzene rings is 1. The summed E-state index contributed by atoms with van der Waals surface area (Å²) in [5.41, 5.74) is 2.75. The first kappa shape index (κ1) is 15.5. The molecule has 5 heteroatoms. The van der Waals surface area contributed by atoms with Crippen LogP contribution in [0, 0.1) is 13.8 Å². The second kappa shape index (κ2) is 7.22. The van der Waals surface area contributed by atoms with Crippen molar-refractivity contribution in [2.45, 2.75) is 33.7 Å². The minimum Gasteiger partial charge on any atom is -0.385 e. The van der Waals surface area contributed by atoms with E-state index >= 15 is 0 Å². The summed E-state index contributed by atoms with van der Waals surface area (Å²) in [5, 5.41) is 7.17. The zero-order valence-electron chi connectivity index (χ0n) is 12.7. The summed E-state index contributed by atoms with van der Waals surface area (Å²) in [6, 6.07) is 5.83. The number of nitrogens with one attached hydrogen (secondary N) is 2. The van der Waals surface area contributed by atoms with E-state index < -0.39 is 0 Å². The van der Waals surface area contributed by atoms with Crippen molar-refractivity contribution in [2.24, 2.45) is 0 Å². The molecule has 0 saturated carbocycles. The fourth-order valence-corrected chi connectivity index (χ4v) is 2.76. The van der Waals surface area contributed by atoms with E-state index in [2.05, 4.69) is 22.5 Å². The van der Waals surface area contributed by atoms with E-state index in [1.165, 1.54) is 0 Å². The van der Waals surface area contributed by atoms with Gasteiger partial charge in [-0.05, 0) is 44.0 Å². The van der Waals surface area contributed by atoms with Crippen molar-refractivity contribution in [1.82, 2.24) is 10.3 Å². The van der Waals surface area contributed by atoms with Crippen LogP contribution in [0.5, 0.6) is 0 Å². The van der Waals surface area contributed by atoms with E-state index in [-0.39, 0.29) is 5.91 Å². The molecule has 0 radical (unpaired) electrons. The Morgan fingerprint density at radius 3 is 2.76 bits per heavy atom. The smallest absolute Gasteiger partial charge is 0.251 e. The molecule has 0 unspecified atom stereocenters. The Kier molecular flexibility index (Phi) is 5.33. The zero-order chi connectivity index (χ0) is 15.2. The second-order valence-corrected chi connectivity index (χ2v) is 6.32. The van der Waals surface area contributed by atoms with E-state index in [1.807, 2.05) is 38.2 Å². The third-order valence-electron chi connectivity index (χ3n) is 3.12. The molecular formula is C16H21N3OS. The molecule has 2 N–H and O–H groups in total. The lowest BCUT2D eigenvalue weighted by molar-refractivity contribution is 0.0950. The number of carbonyl (C=O) groups excluding carboxylic acids is 1. The zero-order valence-corrected chi connectivity index (χ0v) is 13.5. The van der Waals surface area contributed by atoms with Gasteiger partial charge < -0.3 is 10.6 Å². The standard InChI is InChI=1S/C16H21N3OS/c1-4-7-17-13-5-6-14(11(2)8-13)16(20)19-10-15-18-9-12(3)21-15/h5-6,8-9,17H,4,7,10H2,1-3H3,(H,19,20). The van der Waals surface area contributed by atoms with E-state index in [0.717, 1.165) is 34.1 Å². The van der Waals surface area contributed by atoms with Gasteiger partial charge in [0.1, 0.15) is 5.01 Å². The number of carbonyl (C=O) groups is 1. The number of aromatic nitrogens is 1. The lowest BCUT2D eigenvalue weighted by Crippen LogP contribution is -2.23. The van der Waals surface area contributed by atoms with Gasteiger partial charge in [-0.2, -0.15) is 0 Å². The van der Waals surface area contributed by atoms with Crippen LogP contribution in [-0.2, 0) is 6.54 Å². The fourth-order valence-electron chi connectivity index (χ4n) is 2.03. The molecule has 0 fully saturated rings. The minimum atomic E-state index is -0.0533. The van der Waals surface area contributed by atoms with Gasteiger partial charge in [0.05, 0.1) is 6.54 Å². The summed E-state index contributed by atoms with van der Waals surface area (Å²) >= 11 is 1.60. The molecular weight excluding hydrogens is 282 g/mol. The number of nitrogens with zero attached hydrogens (tertiary/aromatic N) is 1. The molecule has 0 aliphatic rings. The van der Waals surface area contributed by atoms with Crippen LogP contribution in [0.25, 0.3) is 0 Å². The van der Waals surface area contributed by atoms with Crippen molar-refractivity contribution in [1.29, 1.82) is 0 Å². The predicted molar refractivity (Wildman–Crippen MR) is 88.0 cm³/mol. The monoisotopic (exact) mass is 303 g/mol. The summed E-state index contributed by atoms with van der Waals surface area (Å²) in [7, 11) is 0. The highest BCUT2D eigenvalue weighted by Gasteiger charge is 2.10. The molecule has 2 aromatic rings. The molecule has 0 aliphatic heterocycles. The van der Waals surface area contributed by atoms with Crippen LogP contribution in [0.2, 0.25) is 0 Å². The van der Waals surface area contributed by atoms with Crippen molar-refractivity contribution in [2.75, 3.05) is 11.9 Å². The summed E-state index contributed by atoms with van der Waals surface area (Å²) < 4.78 is 0. The molecule has 1 amide bonds. The highest BCUT2D eigenvalue weighted by Crippen LogP contribution is 2.16. The second-order valence-electron chi connectivity index (χ2n) is 5.00. The number of rotatable bonds is 6. The minimum absolute atomic E-state index is 0.0533. The molecule has 21 heavy (non-hydrogen) atoms. The van der Waals surface area contributed by atoms with Gasteiger partial charge in [-0.15, -0.1) is 11.3 Å². The molecule has 1 aromatic carbocycles. The van der Waals surface area contributed by atoms with E-state index in [9.17, 15) is 4.79 Å². The normalized spacial score (nSPS) is 10.4. The number of thiazole rings is 1. The van der Waals surface area contributed by atoms with Gasteiger partial charge in [-0.1, -0.05) is 6.92 Å². The Bertz CT molecular complexity index is 622. The van der Waals surface area contributed by atoms with Gasteiger partial charge in [-0.25, -0.2) is 4.98 Å². The Morgan fingerprint density at radius 1 is 1.33 bits per heavy atom. The van der Waals surface area contributed by atoms with Gasteiger partial charge in [0.2, 0.25) is 0 Å². The van der Waals surface area contributed by atoms with Gasteiger partial charge in [0.25, 0.3) is 5.91 Å². The van der Waals surface area contributed by atoms with Crippen molar-refractivity contribution in [3.63, 3.8) is 0 Å². The Morgan fingerprint density at radius 2 is 2.14 bits per heavy atom. The largest absolute Gasteiger partial charge is 0.385 e. The Hall–Kier alpha value is -1.88. The molecule has 0 bridgehead atoms. The number of hydrogen-bond donors (Lipinski definition) is 2. The molecule has 0 aliphatic carbocycles. The maximum atomic E-state index is 12.2. The van der Waals surface area contributed by atoms with Crippen LogP contribution >= 0.6 is 11.3 Å². The maximum Gasteiger partial charge on any atom is 0.251 e. The average Bonchev–Trinajstić information content (AvgIpc) is 2.88. The lowest BCUT2D eigenvalue weighted by atomic mass is 10.1. The van der Waals surface area contributed by atoms with E-state index in [0.29, 0.717) is 12.1 Å². The summed E-state index contributed by atoms with van der Waals surface area (Å²) in [4.78, 5) is 17.6. The Labute approximate surface area is 129 Å². The van der Waals surface area contributed by atoms with Crippen LogP contribution in [0.1, 0.15) is 39.2 Å². The molecule has 2 rings (SSSR count). The van der Waals surface area contributed by atoms with Gasteiger partial charge >= 0.3 is 0 Å². The third kappa shape index (κ3) is 4.29. The van der Waals surface area contributed by atoms with Crippen LogP contribution < -0.4 is 10.6 Å². The molecule has 0 spiro atoms. The average molecular weight is 303 g/mol. The lowest BCUT2D eigenvalue weighted by Gasteiger charge is -2.10. The molecule has 0 saturated heterocycles. The highest BCUT2D eigenvalue weighted by molar-refractivity contribution is 7.11. The predicted octanol–water partition coefficient (Wildman–Crippen LogP) is 3.51. The van der Waals surface area contributed by atoms with Crippen LogP contribution in [0.3, 0.4) is 0 Å². The molecule has 1 heterocycles. The highest BCUT2D eigenvalue weighted by atomic mass is 32.1. The first-order valence-electron chi connectivity index (χ1n) is 7.14. The van der Waals surface area contributed by atoms with Crippen molar-refractivity contribution in [3.05, 3.63) is 45.4 Å². The quantitative estimate of drug-likeness (QED) is 0.858. The molecule has 0 atom stereocenters. The van der Waals surface area contributed by atoms with Crippen molar-refractivity contribution in [3.8, 4) is 0 Å². The van der Waals surface area contributed by atoms with Crippen molar-refractivity contribution >= 4 is 22.9 Å². The first-order valence-corrected chi connectivity index (χ1v) is 7.96. The van der Waals surface area contributed by atoms with Gasteiger partial charge in [0, 0.05) is 28.9 Å². The molecule has 4 nitrogen and oxygen atoms in total. The molecule has 112 valence electrons. The third-order valence-corrected chi connectivity index (χ3v) is 4.03. The van der Waals surface area contributed by atoms with Crippen LogP contribution in [0.4, 0.5) is 5.69 Å². The van der Waals surface area contributed by atoms with Gasteiger partial charge in [0.15, 0.2) is 0 Å². The van der Waals surface area contributed by atoms with Gasteiger partial charge in [-0.3, -0.25) is 4.79 Å². The number of aryl methyl sites for hydroxylation is 2. The van der Waals surface area contributed by atoms with E-state index in [1.54, 1.807) is 11.3 Å². The van der Waals surface area contributed by atoms with Crippen LogP contribution in [0.15, 0.2) is 24.4 Å². The summed E-state index contributed by atoms with van der Waals surface area (Å²) in [6.07, 6.45) is 2.90. The molecule has 1 aromatic heterocycles. The summed E-state index contributed by atoms with van der Waals surface area (Å²) in [5.74, 6) is -0.0533. The SMILES string of the molecule is CCCNc1ccc(C(=O)NCc2ncc(C)s2)c(C)c1. The van der Waals surface area contributed by atoms with Crippen LogP contribution in [-0.4, -0.2) is 17.4 Å². The maximum absolute atomic E-state index is 12.2.